The fraction of sp³-hybridized carbons (Fsp3) is 0.250. The first-order valence-electron chi connectivity index (χ1n) is 6.37. The van der Waals surface area contributed by atoms with Crippen LogP contribution in [0.3, 0.4) is 0 Å². The molecule has 100 valence electrons. The minimum Gasteiger partial charge on any atom is -0.313 e. The van der Waals surface area contributed by atoms with Gasteiger partial charge in [-0.25, -0.2) is 0 Å². The quantitative estimate of drug-likeness (QED) is 0.803. The third-order valence-corrected chi connectivity index (χ3v) is 3.70. The molecule has 0 radical (unpaired) electrons. The Balaban J connectivity index is 2.32. The van der Waals surface area contributed by atoms with Gasteiger partial charge in [-0.1, -0.05) is 54.4 Å². The van der Waals surface area contributed by atoms with Crippen molar-refractivity contribution in [1.82, 2.24) is 5.32 Å². The van der Waals surface area contributed by atoms with E-state index in [0.717, 1.165) is 17.5 Å². The van der Waals surface area contributed by atoms with Gasteiger partial charge in [0, 0.05) is 16.1 Å². The van der Waals surface area contributed by atoms with E-state index in [4.69, 9.17) is 23.2 Å². The molecule has 0 bridgehead atoms. The predicted octanol–water partition coefficient (Wildman–Crippen LogP) is 5.33. The second-order valence-corrected chi connectivity index (χ2v) is 5.40. The molecule has 0 aliphatic rings. The Bertz CT molecular complexity index is 525. The highest BCUT2D eigenvalue weighted by Gasteiger charge is 2.07. The van der Waals surface area contributed by atoms with Crippen molar-refractivity contribution in [3.8, 4) is 11.1 Å². The maximum absolute atomic E-state index is 6.03. The average molecular weight is 294 g/mol. The van der Waals surface area contributed by atoms with Gasteiger partial charge in [-0.05, 0) is 48.4 Å². The van der Waals surface area contributed by atoms with Gasteiger partial charge < -0.3 is 5.32 Å². The van der Waals surface area contributed by atoms with Crippen LogP contribution < -0.4 is 5.32 Å². The summed E-state index contributed by atoms with van der Waals surface area (Å²) in [5.41, 5.74) is 3.46. The van der Waals surface area contributed by atoms with Crippen molar-refractivity contribution in [3.05, 3.63) is 58.1 Å². The van der Waals surface area contributed by atoms with Crippen molar-refractivity contribution in [1.29, 1.82) is 0 Å². The molecule has 1 atom stereocenters. The van der Waals surface area contributed by atoms with Crippen molar-refractivity contribution in [3.63, 3.8) is 0 Å². The summed E-state index contributed by atoms with van der Waals surface area (Å²) >= 11 is 12.1. The van der Waals surface area contributed by atoms with Gasteiger partial charge in [0.1, 0.15) is 0 Å². The van der Waals surface area contributed by atoms with Gasteiger partial charge in [0.05, 0.1) is 0 Å². The average Bonchev–Trinajstić information content (AvgIpc) is 2.40. The summed E-state index contributed by atoms with van der Waals surface area (Å²) in [6, 6.07) is 14.5. The molecule has 1 nitrogen and oxygen atoms in total. The summed E-state index contributed by atoms with van der Waals surface area (Å²) in [5, 5.41) is 4.62. The van der Waals surface area contributed by atoms with E-state index in [9.17, 15) is 0 Å². The van der Waals surface area contributed by atoms with E-state index in [2.05, 4.69) is 36.5 Å². The molecular formula is C16H17Cl2N. The Kier molecular flexibility index (Phi) is 4.87. The molecule has 3 heteroatoms. The Morgan fingerprint density at radius 1 is 0.947 bits per heavy atom. The van der Waals surface area contributed by atoms with Crippen LogP contribution in [0.1, 0.15) is 24.9 Å². The van der Waals surface area contributed by atoms with Crippen LogP contribution in [0, 0.1) is 0 Å². The van der Waals surface area contributed by atoms with Crippen LogP contribution in [0.2, 0.25) is 10.0 Å². The fourth-order valence-corrected chi connectivity index (χ4v) is 2.76. The third kappa shape index (κ3) is 3.50. The number of rotatable bonds is 4. The summed E-state index contributed by atoms with van der Waals surface area (Å²) in [6.07, 6.45) is 1.07. The highest BCUT2D eigenvalue weighted by Crippen LogP contribution is 2.28. The lowest BCUT2D eigenvalue weighted by molar-refractivity contribution is 0.577. The standard InChI is InChI=1S/C16H17Cl2N/c1-3-16(19-2)12-6-4-11(5-7-12)13-8-14(17)10-15(18)9-13/h4-10,16,19H,3H2,1-2H3. The first kappa shape index (κ1) is 14.4. The first-order valence-corrected chi connectivity index (χ1v) is 7.13. The largest absolute Gasteiger partial charge is 0.313 e. The molecule has 0 saturated heterocycles. The van der Waals surface area contributed by atoms with Crippen LogP contribution in [-0.2, 0) is 0 Å². The second-order valence-electron chi connectivity index (χ2n) is 4.53. The van der Waals surface area contributed by atoms with Gasteiger partial charge in [0.25, 0.3) is 0 Å². The van der Waals surface area contributed by atoms with Gasteiger partial charge in [-0.15, -0.1) is 0 Å². The lowest BCUT2D eigenvalue weighted by atomic mass is 10.00. The number of hydrogen-bond acceptors (Lipinski definition) is 1. The summed E-state index contributed by atoms with van der Waals surface area (Å²) < 4.78 is 0. The molecule has 1 unspecified atom stereocenters. The normalized spacial score (nSPS) is 12.4. The summed E-state index contributed by atoms with van der Waals surface area (Å²) in [7, 11) is 1.98. The lowest BCUT2D eigenvalue weighted by Gasteiger charge is -2.14. The molecule has 0 aliphatic heterocycles. The summed E-state index contributed by atoms with van der Waals surface area (Å²) in [5.74, 6) is 0. The van der Waals surface area contributed by atoms with E-state index in [-0.39, 0.29) is 0 Å². The zero-order valence-electron chi connectivity index (χ0n) is 11.1. The van der Waals surface area contributed by atoms with E-state index in [1.807, 2.05) is 19.2 Å². The molecule has 0 fully saturated rings. The molecule has 19 heavy (non-hydrogen) atoms. The summed E-state index contributed by atoms with van der Waals surface area (Å²) in [6.45, 7) is 2.17. The molecule has 0 spiro atoms. The Labute approximate surface area is 124 Å². The Morgan fingerprint density at radius 3 is 2.00 bits per heavy atom. The number of benzene rings is 2. The van der Waals surface area contributed by atoms with Gasteiger partial charge >= 0.3 is 0 Å². The number of nitrogens with one attached hydrogen (secondary N) is 1. The molecule has 0 aliphatic carbocycles. The molecule has 0 heterocycles. The zero-order chi connectivity index (χ0) is 13.8. The molecule has 1 N–H and O–H groups in total. The maximum Gasteiger partial charge on any atom is 0.0426 e. The van der Waals surface area contributed by atoms with Gasteiger partial charge in [0.2, 0.25) is 0 Å². The van der Waals surface area contributed by atoms with Gasteiger partial charge in [-0.2, -0.15) is 0 Å². The number of hydrogen-bond donors (Lipinski definition) is 1. The number of halogens is 2. The van der Waals surface area contributed by atoms with E-state index in [0.29, 0.717) is 16.1 Å². The minimum absolute atomic E-state index is 0.400. The zero-order valence-corrected chi connectivity index (χ0v) is 12.6. The molecule has 2 aromatic carbocycles. The molecule has 0 aromatic heterocycles. The SMILES string of the molecule is CCC(NC)c1ccc(-c2cc(Cl)cc(Cl)c2)cc1. The predicted molar refractivity (Wildman–Crippen MR) is 84.0 cm³/mol. The summed E-state index contributed by atoms with van der Waals surface area (Å²) in [4.78, 5) is 0. The fourth-order valence-electron chi connectivity index (χ4n) is 2.23. The van der Waals surface area contributed by atoms with Crippen LogP contribution in [0.15, 0.2) is 42.5 Å². The lowest BCUT2D eigenvalue weighted by Crippen LogP contribution is -2.14. The van der Waals surface area contributed by atoms with Crippen molar-refractivity contribution < 1.29 is 0 Å². The Hall–Kier alpha value is -1.02. The maximum atomic E-state index is 6.03. The van der Waals surface area contributed by atoms with Crippen LogP contribution in [0.25, 0.3) is 11.1 Å². The van der Waals surface area contributed by atoms with Crippen LogP contribution in [0.5, 0.6) is 0 Å². The van der Waals surface area contributed by atoms with Crippen LogP contribution in [0.4, 0.5) is 0 Å². The van der Waals surface area contributed by atoms with Gasteiger partial charge in [-0.3, -0.25) is 0 Å². The van der Waals surface area contributed by atoms with E-state index in [1.165, 1.54) is 5.56 Å². The smallest absolute Gasteiger partial charge is 0.0426 e. The van der Waals surface area contributed by atoms with Crippen LogP contribution in [-0.4, -0.2) is 7.05 Å². The molecule has 0 saturated carbocycles. The molecule has 2 aromatic rings. The van der Waals surface area contributed by atoms with Gasteiger partial charge in [0.15, 0.2) is 0 Å². The van der Waals surface area contributed by atoms with Crippen LogP contribution >= 0.6 is 23.2 Å². The Morgan fingerprint density at radius 2 is 1.53 bits per heavy atom. The highest BCUT2D eigenvalue weighted by molar-refractivity contribution is 6.35. The van der Waals surface area contributed by atoms with E-state index >= 15 is 0 Å². The first-order chi connectivity index (χ1) is 9.13. The molecule has 0 amide bonds. The van der Waals surface area contributed by atoms with Crippen molar-refractivity contribution >= 4 is 23.2 Å². The molecule has 2 rings (SSSR count). The van der Waals surface area contributed by atoms with Crippen molar-refractivity contribution in [2.75, 3.05) is 7.05 Å². The highest BCUT2D eigenvalue weighted by atomic mass is 35.5. The third-order valence-electron chi connectivity index (χ3n) is 3.27. The van der Waals surface area contributed by atoms with Crippen molar-refractivity contribution in [2.24, 2.45) is 0 Å². The van der Waals surface area contributed by atoms with E-state index in [1.54, 1.807) is 6.07 Å². The molecular weight excluding hydrogens is 277 g/mol. The minimum atomic E-state index is 0.400. The monoisotopic (exact) mass is 293 g/mol. The second kappa shape index (κ2) is 6.42. The van der Waals surface area contributed by atoms with E-state index < -0.39 is 0 Å². The topological polar surface area (TPSA) is 12.0 Å². The van der Waals surface area contributed by atoms with Crippen molar-refractivity contribution in [2.45, 2.75) is 19.4 Å².